The predicted molar refractivity (Wildman–Crippen MR) is 59.0 cm³/mol. The number of hydrogen-bond donors (Lipinski definition) is 0. The van der Waals surface area contributed by atoms with Gasteiger partial charge in [0.15, 0.2) is 0 Å². The standard InChI is InChI=1S/C13H11N/c1-3-5-11-6-4-7-12-9-14-8-10(2)13(11)12/h4,6-9H,1-2H3. The molecule has 0 saturated carbocycles. The number of benzene rings is 1. The minimum atomic E-state index is 1.09. The second-order valence-electron chi connectivity index (χ2n) is 3.24. The number of hydrogen-bond acceptors (Lipinski definition) is 1. The average Bonchev–Trinajstić information content (AvgIpc) is 2.19. The number of rotatable bonds is 0. The number of aromatic nitrogens is 1. The van der Waals surface area contributed by atoms with Crippen LogP contribution in [0.2, 0.25) is 0 Å². The Morgan fingerprint density at radius 3 is 2.86 bits per heavy atom. The summed E-state index contributed by atoms with van der Waals surface area (Å²) in [6.45, 7) is 3.92. The Kier molecular flexibility index (Phi) is 2.20. The summed E-state index contributed by atoms with van der Waals surface area (Å²) in [6, 6.07) is 6.13. The molecule has 2 rings (SSSR count). The van der Waals surface area contributed by atoms with Crippen LogP contribution in [-0.4, -0.2) is 4.98 Å². The monoisotopic (exact) mass is 181 g/mol. The van der Waals surface area contributed by atoms with Crippen molar-refractivity contribution in [3.05, 3.63) is 41.7 Å². The summed E-state index contributed by atoms with van der Waals surface area (Å²) >= 11 is 0. The van der Waals surface area contributed by atoms with Crippen LogP contribution in [0.4, 0.5) is 0 Å². The fraction of sp³-hybridized carbons (Fsp3) is 0.154. The van der Waals surface area contributed by atoms with Crippen LogP contribution in [0.25, 0.3) is 10.8 Å². The van der Waals surface area contributed by atoms with Gasteiger partial charge in [0.2, 0.25) is 0 Å². The van der Waals surface area contributed by atoms with Crippen LogP contribution >= 0.6 is 0 Å². The number of pyridine rings is 1. The van der Waals surface area contributed by atoms with E-state index in [4.69, 9.17) is 0 Å². The van der Waals surface area contributed by atoms with E-state index in [0.717, 1.165) is 10.9 Å². The highest BCUT2D eigenvalue weighted by atomic mass is 14.6. The summed E-state index contributed by atoms with van der Waals surface area (Å²) < 4.78 is 0. The molecule has 1 heteroatoms. The molecule has 0 fully saturated rings. The van der Waals surface area contributed by atoms with E-state index in [1.54, 1.807) is 0 Å². The van der Waals surface area contributed by atoms with E-state index in [9.17, 15) is 0 Å². The maximum absolute atomic E-state index is 4.17. The van der Waals surface area contributed by atoms with Gasteiger partial charge in [-0.3, -0.25) is 4.98 Å². The topological polar surface area (TPSA) is 12.9 Å². The summed E-state index contributed by atoms with van der Waals surface area (Å²) in [6.07, 6.45) is 3.76. The summed E-state index contributed by atoms with van der Waals surface area (Å²) in [5.41, 5.74) is 2.27. The third-order valence-corrected chi connectivity index (χ3v) is 2.23. The molecule has 0 spiro atoms. The van der Waals surface area contributed by atoms with Crippen LogP contribution in [-0.2, 0) is 0 Å². The molecule has 68 valence electrons. The maximum Gasteiger partial charge on any atom is 0.0347 e. The lowest BCUT2D eigenvalue weighted by Crippen LogP contribution is -1.85. The first-order valence-corrected chi connectivity index (χ1v) is 4.59. The molecule has 14 heavy (non-hydrogen) atoms. The molecule has 2 aromatic rings. The molecule has 0 aliphatic rings. The minimum absolute atomic E-state index is 1.09. The van der Waals surface area contributed by atoms with E-state index in [-0.39, 0.29) is 0 Å². The summed E-state index contributed by atoms with van der Waals surface area (Å²) in [5.74, 6) is 6.05. The Bertz CT molecular complexity index is 524. The Hall–Kier alpha value is -1.81. The van der Waals surface area contributed by atoms with Crippen LogP contribution in [0.15, 0.2) is 30.6 Å². The van der Waals surface area contributed by atoms with E-state index in [1.807, 2.05) is 31.5 Å². The average molecular weight is 181 g/mol. The molecule has 0 aliphatic heterocycles. The van der Waals surface area contributed by atoms with Crippen molar-refractivity contribution in [1.82, 2.24) is 4.98 Å². The first-order chi connectivity index (χ1) is 6.83. The molecule has 0 radical (unpaired) electrons. The van der Waals surface area contributed by atoms with Crippen molar-refractivity contribution in [3.8, 4) is 11.8 Å². The first-order valence-electron chi connectivity index (χ1n) is 4.59. The van der Waals surface area contributed by atoms with Gasteiger partial charge in [0.05, 0.1) is 0 Å². The highest BCUT2D eigenvalue weighted by Gasteiger charge is 2.00. The molecule has 1 aromatic heterocycles. The van der Waals surface area contributed by atoms with E-state index >= 15 is 0 Å². The fourth-order valence-corrected chi connectivity index (χ4v) is 1.65. The van der Waals surface area contributed by atoms with Gasteiger partial charge >= 0.3 is 0 Å². The van der Waals surface area contributed by atoms with Crippen molar-refractivity contribution in [2.24, 2.45) is 0 Å². The summed E-state index contributed by atoms with van der Waals surface area (Å²) in [4.78, 5) is 4.17. The van der Waals surface area contributed by atoms with E-state index in [1.165, 1.54) is 10.9 Å². The Balaban J connectivity index is 2.88. The van der Waals surface area contributed by atoms with Crippen molar-refractivity contribution in [3.63, 3.8) is 0 Å². The van der Waals surface area contributed by atoms with Gasteiger partial charge in [-0.1, -0.05) is 18.1 Å². The third kappa shape index (κ3) is 1.36. The zero-order valence-electron chi connectivity index (χ0n) is 8.33. The molecule has 0 bridgehead atoms. The van der Waals surface area contributed by atoms with Gasteiger partial charge in [-0.05, 0) is 25.5 Å². The number of aryl methyl sites for hydroxylation is 1. The quantitative estimate of drug-likeness (QED) is 0.569. The number of fused-ring (bicyclic) bond motifs is 1. The van der Waals surface area contributed by atoms with Crippen LogP contribution in [0.3, 0.4) is 0 Å². The molecule has 0 aliphatic carbocycles. The molecule has 1 nitrogen and oxygen atoms in total. The lowest BCUT2D eigenvalue weighted by atomic mass is 10.0. The van der Waals surface area contributed by atoms with Crippen LogP contribution in [0.1, 0.15) is 18.1 Å². The van der Waals surface area contributed by atoms with Gasteiger partial charge < -0.3 is 0 Å². The first kappa shape index (κ1) is 8.77. The molecule has 1 heterocycles. The summed E-state index contributed by atoms with van der Waals surface area (Å²) in [5, 5.41) is 2.38. The van der Waals surface area contributed by atoms with Crippen molar-refractivity contribution in [1.29, 1.82) is 0 Å². The van der Waals surface area contributed by atoms with Gasteiger partial charge in [0.1, 0.15) is 0 Å². The predicted octanol–water partition coefficient (Wildman–Crippen LogP) is 2.91. The van der Waals surface area contributed by atoms with Crippen LogP contribution in [0.5, 0.6) is 0 Å². The fourth-order valence-electron chi connectivity index (χ4n) is 1.65. The van der Waals surface area contributed by atoms with Crippen molar-refractivity contribution < 1.29 is 0 Å². The van der Waals surface area contributed by atoms with Crippen LogP contribution < -0.4 is 0 Å². The summed E-state index contributed by atoms with van der Waals surface area (Å²) in [7, 11) is 0. The van der Waals surface area contributed by atoms with Gasteiger partial charge in [-0.25, -0.2) is 0 Å². The lowest BCUT2D eigenvalue weighted by Gasteiger charge is -2.02. The zero-order chi connectivity index (χ0) is 9.97. The van der Waals surface area contributed by atoms with E-state index in [0.29, 0.717) is 0 Å². The Morgan fingerprint density at radius 1 is 1.21 bits per heavy atom. The lowest BCUT2D eigenvalue weighted by molar-refractivity contribution is 1.31. The zero-order valence-corrected chi connectivity index (χ0v) is 8.33. The molecule has 0 N–H and O–H groups in total. The molecular formula is C13H11N. The van der Waals surface area contributed by atoms with Gasteiger partial charge in [0.25, 0.3) is 0 Å². The normalized spacial score (nSPS) is 9.57. The second kappa shape index (κ2) is 3.51. The molecule has 1 aromatic carbocycles. The van der Waals surface area contributed by atoms with Gasteiger partial charge in [-0.2, -0.15) is 0 Å². The van der Waals surface area contributed by atoms with Crippen molar-refractivity contribution in [2.45, 2.75) is 13.8 Å². The van der Waals surface area contributed by atoms with E-state index < -0.39 is 0 Å². The van der Waals surface area contributed by atoms with Crippen molar-refractivity contribution >= 4 is 10.8 Å². The maximum atomic E-state index is 4.17. The minimum Gasteiger partial charge on any atom is -0.264 e. The number of nitrogens with zero attached hydrogens (tertiary/aromatic N) is 1. The Morgan fingerprint density at radius 2 is 2.07 bits per heavy atom. The third-order valence-electron chi connectivity index (χ3n) is 2.23. The van der Waals surface area contributed by atoms with Gasteiger partial charge in [0, 0.05) is 28.7 Å². The molecule has 0 saturated heterocycles. The highest BCUT2D eigenvalue weighted by Crippen LogP contribution is 2.20. The smallest absolute Gasteiger partial charge is 0.0347 e. The largest absolute Gasteiger partial charge is 0.264 e. The van der Waals surface area contributed by atoms with Gasteiger partial charge in [-0.15, -0.1) is 5.92 Å². The SMILES string of the molecule is CC#Cc1cccc2cncc(C)c12. The molecule has 0 amide bonds. The van der Waals surface area contributed by atoms with Crippen molar-refractivity contribution in [2.75, 3.05) is 0 Å². The van der Waals surface area contributed by atoms with E-state index in [2.05, 4.69) is 29.8 Å². The molecular weight excluding hydrogens is 170 g/mol. The second-order valence-corrected chi connectivity index (χ2v) is 3.24. The Labute approximate surface area is 83.8 Å². The molecule has 0 unspecified atom stereocenters. The highest BCUT2D eigenvalue weighted by molar-refractivity contribution is 5.90. The molecule has 0 atom stereocenters. The van der Waals surface area contributed by atoms with Crippen LogP contribution in [0, 0.1) is 18.8 Å².